The van der Waals surface area contributed by atoms with Gasteiger partial charge in [-0.2, -0.15) is 10.5 Å². The Morgan fingerprint density at radius 3 is 1.22 bits per heavy atom. The molecule has 0 bridgehead atoms. The molecular weight excluding hydrogens is 1040 g/mol. The molecular formula is C44H52N7O12TbZn. The van der Waals surface area contributed by atoms with Crippen LogP contribution in [-0.4, -0.2) is 92.4 Å². The van der Waals surface area contributed by atoms with Crippen molar-refractivity contribution in [3.8, 4) is 35.1 Å². The van der Waals surface area contributed by atoms with E-state index in [1.807, 2.05) is 94.7 Å². The van der Waals surface area contributed by atoms with Crippen molar-refractivity contribution in [1.82, 2.24) is 14.7 Å². The molecule has 0 aliphatic carbocycles. The summed E-state index contributed by atoms with van der Waals surface area (Å²) in [6.07, 6.45) is 0. The Labute approximate surface area is 422 Å². The van der Waals surface area contributed by atoms with Crippen LogP contribution in [0.5, 0.6) is 23.0 Å². The number of methoxy groups -OCH3 is 2. The number of nitrogens with zero attached hydrogens (tertiary/aromatic N) is 7. The number of likely N-dealkylation sites (N-methyl/N-ethyl adjacent to an activating group) is 3. The first-order valence-corrected chi connectivity index (χ1v) is 18.8. The standard InChI is InChI=1S/C25H39N3O4.C15H10O2.2C2H3N.2NO3.Tb.Zn/c1-18-12-20(24(29)22(14-18)31-6)16-27(4)10-8-26(3)9-11-28(5)17-21-13-19(2)15-23(32-7)25(21)30;16-15(17)14-12-7-3-1-5-10(12)9-11-6-2-4-8-13(11)14;2*1-2-3;2*2-1(3)4;;/h12-15,29-30H,8-11,16-17H2,1-7H3;1-9H,(H,16,17);2*1H3;;;;/q;;;;2*-1;+3;+2/p-3. The molecule has 0 spiro atoms. The first-order chi connectivity index (χ1) is 29.7. The van der Waals surface area contributed by atoms with Gasteiger partial charge in [0.1, 0.15) is 11.5 Å². The quantitative estimate of drug-likeness (QED) is 0.0655. The molecule has 0 N–H and O–H groups in total. The van der Waals surface area contributed by atoms with E-state index in [0.717, 1.165) is 70.0 Å². The Hall–Kier alpha value is -5.54. The minimum Gasteiger partial charge on any atom is -0.870 e. The normalized spacial score (nSPS) is 9.51. The number of carboxylic acids is 1. The summed E-state index contributed by atoms with van der Waals surface area (Å²) in [6.45, 7) is 11.4. The van der Waals surface area contributed by atoms with Crippen LogP contribution in [0.25, 0.3) is 21.5 Å². The minimum absolute atomic E-state index is 0. The van der Waals surface area contributed by atoms with E-state index in [9.17, 15) is 20.1 Å². The zero-order valence-corrected chi connectivity index (χ0v) is 42.9. The number of benzene rings is 5. The number of carbonyl (C=O) groups excluding carboxylic acids is 1. The number of carboxylic acid groups (broad SMARTS) is 1. The van der Waals surface area contributed by atoms with Crippen molar-refractivity contribution < 1.29 is 97.9 Å². The Morgan fingerprint density at radius 1 is 0.631 bits per heavy atom. The van der Waals surface area contributed by atoms with Gasteiger partial charge in [0, 0.05) is 58.7 Å². The van der Waals surface area contributed by atoms with Crippen LogP contribution in [0.2, 0.25) is 0 Å². The zero-order chi connectivity index (χ0) is 48.2. The number of aromatic carboxylic acids is 1. The second-order valence-corrected chi connectivity index (χ2v) is 13.6. The third kappa shape index (κ3) is 24.9. The van der Waals surface area contributed by atoms with Gasteiger partial charge >= 0.3 is 58.1 Å². The van der Waals surface area contributed by atoms with Gasteiger partial charge in [0.15, 0.2) is 0 Å². The second-order valence-electron chi connectivity index (χ2n) is 13.6. The Bertz CT molecular complexity index is 2170. The summed E-state index contributed by atoms with van der Waals surface area (Å²) in [6, 6.07) is 27.8. The average molecular weight is 1100 g/mol. The van der Waals surface area contributed by atoms with Crippen LogP contribution in [0.4, 0.5) is 0 Å². The van der Waals surface area contributed by atoms with Crippen LogP contribution in [0, 0.1) is 106 Å². The predicted molar refractivity (Wildman–Crippen MR) is 234 cm³/mol. The average Bonchev–Trinajstić information content (AvgIpc) is 3.21. The Morgan fingerprint density at radius 2 is 0.923 bits per heavy atom. The number of ether oxygens (including phenoxy) is 2. The van der Waals surface area contributed by atoms with Crippen molar-refractivity contribution in [3.63, 3.8) is 0 Å². The summed E-state index contributed by atoms with van der Waals surface area (Å²) in [7, 11) is 9.20. The summed E-state index contributed by atoms with van der Waals surface area (Å²) in [5.41, 5.74) is 3.84. The largest absolute Gasteiger partial charge is 3.00 e. The van der Waals surface area contributed by atoms with E-state index in [0.29, 0.717) is 24.6 Å². The molecule has 0 atom stereocenters. The van der Waals surface area contributed by atoms with Crippen LogP contribution in [0.1, 0.15) is 46.5 Å². The minimum atomic E-state index is -1.75. The van der Waals surface area contributed by atoms with Crippen molar-refractivity contribution in [2.45, 2.75) is 40.8 Å². The van der Waals surface area contributed by atoms with E-state index in [2.05, 4.69) is 21.7 Å². The van der Waals surface area contributed by atoms with Gasteiger partial charge in [0.05, 0.1) is 42.5 Å². The molecule has 5 aromatic rings. The smallest absolute Gasteiger partial charge is 0.870 e. The number of aryl methyl sites for hydroxylation is 2. The van der Waals surface area contributed by atoms with Crippen molar-refractivity contribution >= 4 is 27.5 Å². The maximum atomic E-state index is 12.4. The molecule has 0 saturated heterocycles. The molecule has 0 unspecified atom stereocenters. The van der Waals surface area contributed by atoms with Gasteiger partial charge < -0.3 is 74.9 Å². The van der Waals surface area contributed by atoms with Gasteiger partial charge in [-0.1, -0.05) is 72.2 Å². The molecule has 19 nitrogen and oxygen atoms in total. The monoisotopic (exact) mass is 1090 g/mol. The fourth-order valence-corrected chi connectivity index (χ4v) is 5.93. The maximum Gasteiger partial charge on any atom is 3.00 e. The number of hydrogen-bond acceptors (Lipinski definition) is 17. The molecule has 0 saturated carbocycles. The van der Waals surface area contributed by atoms with Crippen molar-refractivity contribution in [3.05, 3.63) is 137 Å². The first-order valence-electron chi connectivity index (χ1n) is 18.8. The second kappa shape index (κ2) is 34.8. The first kappa shape index (κ1) is 63.7. The third-order valence-electron chi connectivity index (χ3n) is 8.57. The van der Waals surface area contributed by atoms with Gasteiger partial charge in [-0.25, -0.2) is 0 Å². The number of rotatable bonds is 13. The van der Waals surface area contributed by atoms with E-state index < -0.39 is 16.1 Å². The van der Waals surface area contributed by atoms with E-state index in [-0.39, 0.29) is 75.2 Å². The fourth-order valence-electron chi connectivity index (χ4n) is 5.93. The molecule has 0 heterocycles. The Kier molecular flexibility index (Phi) is 34.1. The number of carbonyl (C=O) groups is 1. The van der Waals surface area contributed by atoms with Crippen LogP contribution in [0.15, 0.2) is 78.9 Å². The summed E-state index contributed by atoms with van der Waals surface area (Å²) in [5.74, 6) is -0.393. The van der Waals surface area contributed by atoms with Gasteiger partial charge in [-0.15, -0.1) is 0 Å². The molecule has 0 amide bonds. The topological polar surface area (TPSA) is 294 Å². The summed E-state index contributed by atoms with van der Waals surface area (Å²) < 4.78 is 10.4. The number of nitriles is 2. The van der Waals surface area contributed by atoms with E-state index in [1.54, 1.807) is 24.3 Å². The van der Waals surface area contributed by atoms with Gasteiger partial charge in [-0.05, 0) is 97.0 Å². The molecule has 0 fully saturated rings. The van der Waals surface area contributed by atoms with Gasteiger partial charge in [0.25, 0.3) is 0 Å². The molecule has 5 aromatic carbocycles. The molecule has 65 heavy (non-hydrogen) atoms. The summed E-state index contributed by atoms with van der Waals surface area (Å²) >= 11 is 0. The SMILES string of the molecule is CC#N.CC#N.COc1cc(C)cc(CN(C)CCN(C)CCN(C)Cc2cc(C)cc(OC)c2[O-])c1[O-].O=C([O-])c1c2ccccc2cc2ccccc12.O=[N+]([O-])[O-].O=[N+]([O-])[O-].[Tb+3].[Zn+2]. The molecule has 0 aliphatic heterocycles. The fraction of sp³-hybridized carbons (Fsp3) is 0.341. The number of fused-ring (bicyclic) bond motifs is 2. The zero-order valence-electron chi connectivity index (χ0n) is 37.8. The van der Waals surface area contributed by atoms with Gasteiger partial charge in [-0.3, -0.25) is 0 Å². The maximum absolute atomic E-state index is 12.4. The predicted octanol–water partition coefficient (Wildman–Crippen LogP) is 4.90. The molecule has 5 rings (SSSR count). The third-order valence-corrected chi connectivity index (χ3v) is 8.57. The summed E-state index contributed by atoms with van der Waals surface area (Å²) in [4.78, 5) is 34.4. The van der Waals surface area contributed by atoms with Crippen LogP contribution >= 0.6 is 0 Å². The Balaban J connectivity index is -0.000000966. The molecule has 0 radical (unpaired) electrons. The van der Waals surface area contributed by atoms with Crippen LogP contribution < -0.4 is 24.8 Å². The van der Waals surface area contributed by atoms with Gasteiger partial charge in [0.2, 0.25) is 0 Å². The van der Waals surface area contributed by atoms with E-state index in [1.165, 1.54) is 28.1 Å². The summed E-state index contributed by atoms with van der Waals surface area (Å²) in [5, 5.41) is 83.6. The van der Waals surface area contributed by atoms with Crippen molar-refractivity contribution in [2.75, 3.05) is 61.5 Å². The van der Waals surface area contributed by atoms with Crippen molar-refractivity contribution in [2.24, 2.45) is 0 Å². The molecule has 0 aliphatic rings. The van der Waals surface area contributed by atoms with Crippen LogP contribution in [-0.2, 0) is 32.6 Å². The number of hydrogen-bond donors (Lipinski definition) is 0. The van der Waals surface area contributed by atoms with E-state index in [4.69, 9.17) is 50.6 Å². The molecule has 346 valence electrons. The van der Waals surface area contributed by atoms with E-state index >= 15 is 0 Å². The molecule has 21 heteroatoms. The van der Waals surface area contributed by atoms with Crippen molar-refractivity contribution in [1.29, 1.82) is 10.5 Å². The van der Waals surface area contributed by atoms with Crippen LogP contribution in [0.3, 0.4) is 0 Å². The molecule has 0 aromatic heterocycles.